The molecule has 1 heterocycles. The second-order valence-corrected chi connectivity index (χ2v) is 4.40. The standard InChI is InChI=1S/C11H12F5N3O2/c1-6(2)17-9(20)18-7-3-4-19(21)8(5-7)10(12,13)11(14,15)16/h3-6,21H,1-2H3,(H,17,20). The van der Waals surface area contributed by atoms with E-state index in [-0.39, 0.29) is 16.8 Å². The molecule has 0 radical (unpaired) electrons. The first kappa shape index (κ1) is 16.9. The first-order chi connectivity index (χ1) is 9.45. The molecule has 0 aliphatic carbocycles. The fourth-order valence-corrected chi connectivity index (χ4v) is 1.33. The summed E-state index contributed by atoms with van der Waals surface area (Å²) in [4.78, 5) is 14.6. The maximum atomic E-state index is 13.2. The van der Waals surface area contributed by atoms with Crippen LogP contribution in [0.2, 0.25) is 0 Å². The molecule has 1 aromatic rings. The van der Waals surface area contributed by atoms with Crippen molar-refractivity contribution in [3.8, 4) is 0 Å². The van der Waals surface area contributed by atoms with Crippen LogP contribution in [0.3, 0.4) is 0 Å². The number of aromatic nitrogens is 1. The minimum atomic E-state index is -5.89. The molecule has 0 atom stereocenters. The number of hydrogen-bond acceptors (Lipinski definition) is 2. The number of carbonyl (C=O) groups excluding carboxylic acids is 1. The molecule has 0 aromatic carbocycles. The van der Waals surface area contributed by atoms with Crippen LogP contribution < -0.4 is 10.7 Å². The Morgan fingerprint density at radius 3 is 2.38 bits per heavy atom. The Labute approximate surface area is 115 Å². The highest BCUT2D eigenvalue weighted by Crippen LogP contribution is 2.42. The van der Waals surface area contributed by atoms with Gasteiger partial charge in [0.15, 0.2) is 0 Å². The number of pyridine rings is 1. The molecule has 0 aliphatic heterocycles. The fourth-order valence-electron chi connectivity index (χ4n) is 1.33. The highest BCUT2D eigenvalue weighted by Gasteiger charge is 2.60. The first-order valence-corrected chi connectivity index (χ1v) is 5.67. The molecule has 21 heavy (non-hydrogen) atoms. The Morgan fingerprint density at radius 2 is 1.90 bits per heavy atom. The van der Waals surface area contributed by atoms with E-state index in [1.807, 2.05) is 0 Å². The van der Waals surface area contributed by atoms with Gasteiger partial charge in [0, 0.05) is 12.2 Å². The van der Waals surface area contributed by atoms with Crippen LogP contribution in [0.15, 0.2) is 23.3 Å². The van der Waals surface area contributed by atoms with E-state index in [4.69, 9.17) is 5.21 Å². The Hall–Kier alpha value is -2.13. The van der Waals surface area contributed by atoms with Crippen molar-refractivity contribution in [1.82, 2.24) is 10.0 Å². The lowest BCUT2D eigenvalue weighted by Gasteiger charge is -2.20. The summed E-state index contributed by atoms with van der Waals surface area (Å²) in [5.41, 5.74) is -1.74. The third kappa shape index (κ3) is 3.92. The predicted octanol–water partition coefficient (Wildman–Crippen LogP) is 2.40. The zero-order valence-corrected chi connectivity index (χ0v) is 10.9. The monoisotopic (exact) mass is 313 g/mol. The van der Waals surface area contributed by atoms with E-state index >= 15 is 0 Å². The quantitative estimate of drug-likeness (QED) is 0.650. The van der Waals surface area contributed by atoms with Gasteiger partial charge in [0.25, 0.3) is 0 Å². The molecule has 2 N–H and O–H groups in total. The summed E-state index contributed by atoms with van der Waals surface area (Å²) in [6.45, 7) is 3.23. The van der Waals surface area contributed by atoms with E-state index in [0.717, 1.165) is 6.07 Å². The van der Waals surface area contributed by atoms with Gasteiger partial charge < -0.3 is 10.5 Å². The lowest BCUT2D eigenvalue weighted by molar-refractivity contribution is -0.294. The molecular weight excluding hydrogens is 301 g/mol. The van der Waals surface area contributed by atoms with Crippen LogP contribution in [-0.4, -0.2) is 28.2 Å². The fraction of sp³-hybridized carbons (Fsp3) is 0.455. The Morgan fingerprint density at radius 1 is 1.33 bits per heavy atom. The van der Waals surface area contributed by atoms with Crippen LogP contribution in [-0.2, 0) is 5.92 Å². The number of carbonyl (C=O) groups is 1. The van der Waals surface area contributed by atoms with Gasteiger partial charge >= 0.3 is 18.1 Å². The van der Waals surface area contributed by atoms with Crippen molar-refractivity contribution >= 4 is 6.03 Å². The zero-order chi connectivity index (χ0) is 16.4. The topological polar surface area (TPSA) is 66.6 Å². The zero-order valence-electron chi connectivity index (χ0n) is 10.9. The largest absolute Gasteiger partial charge is 0.459 e. The van der Waals surface area contributed by atoms with Gasteiger partial charge in [-0.1, -0.05) is 0 Å². The molecule has 0 saturated carbocycles. The number of rotatable bonds is 2. The summed E-state index contributed by atoms with van der Waals surface area (Å²) in [5.74, 6) is -5.29. The molecule has 118 valence electrons. The lowest BCUT2D eigenvalue weighted by Crippen LogP contribution is -2.37. The molecule has 1 rings (SSSR count). The molecule has 5 nitrogen and oxygen atoms in total. The number of urea groups is 1. The maximum Gasteiger partial charge on any atom is 0.459 e. The maximum absolute atomic E-state index is 13.2. The number of nitrogens with one attached hydrogen (secondary N) is 1. The van der Waals surface area contributed by atoms with E-state index in [2.05, 4.69) is 10.3 Å². The third-order valence-electron chi connectivity index (χ3n) is 2.24. The minimum Gasteiger partial charge on any atom is -0.429 e. The third-order valence-corrected chi connectivity index (χ3v) is 2.24. The van der Waals surface area contributed by atoms with Crippen molar-refractivity contribution in [2.75, 3.05) is 0 Å². The van der Waals surface area contributed by atoms with Crippen LogP contribution in [0.1, 0.15) is 19.5 Å². The molecule has 10 heteroatoms. The van der Waals surface area contributed by atoms with Gasteiger partial charge in [-0.2, -0.15) is 31.7 Å². The molecule has 0 aliphatic rings. The van der Waals surface area contributed by atoms with Crippen molar-refractivity contribution < 1.29 is 32.0 Å². The summed E-state index contributed by atoms with van der Waals surface area (Å²) >= 11 is 0. The van der Waals surface area contributed by atoms with Crippen molar-refractivity contribution in [3.63, 3.8) is 0 Å². The molecular formula is C11H12F5N3O2. The van der Waals surface area contributed by atoms with Crippen molar-refractivity contribution in [2.24, 2.45) is 4.99 Å². The molecule has 0 fully saturated rings. The number of nitrogens with zero attached hydrogens (tertiary/aromatic N) is 2. The van der Waals surface area contributed by atoms with Gasteiger partial charge in [-0.05, 0) is 26.0 Å². The second kappa shape index (κ2) is 5.70. The SMILES string of the molecule is CC(C)NC(=O)N=c1ccn(O)c(C(F)(F)C(F)(F)F)c1. The van der Waals surface area contributed by atoms with Crippen LogP contribution in [0.4, 0.5) is 26.7 Å². The summed E-state index contributed by atoms with van der Waals surface area (Å²) < 4.78 is 62.9. The molecule has 1 aromatic heterocycles. The lowest BCUT2D eigenvalue weighted by atomic mass is 10.2. The minimum absolute atomic E-state index is 0.285. The first-order valence-electron chi connectivity index (χ1n) is 5.67. The van der Waals surface area contributed by atoms with E-state index in [1.165, 1.54) is 0 Å². The van der Waals surface area contributed by atoms with Crippen LogP contribution >= 0.6 is 0 Å². The van der Waals surface area contributed by atoms with E-state index in [9.17, 15) is 26.7 Å². The van der Waals surface area contributed by atoms with Gasteiger partial charge in [-0.3, -0.25) is 0 Å². The molecule has 0 unspecified atom stereocenters. The molecule has 0 spiro atoms. The average Bonchev–Trinajstić information content (AvgIpc) is 2.28. The molecule has 2 amide bonds. The summed E-state index contributed by atoms with van der Waals surface area (Å²) in [5, 5.41) is 11.0. The highest BCUT2D eigenvalue weighted by molar-refractivity contribution is 5.75. The number of halogens is 5. The average molecular weight is 313 g/mol. The van der Waals surface area contributed by atoms with Gasteiger partial charge in [0.05, 0.1) is 5.36 Å². The summed E-state index contributed by atoms with van der Waals surface area (Å²) in [6.07, 6.45) is -5.35. The summed E-state index contributed by atoms with van der Waals surface area (Å²) in [6, 6.07) is 0.00859. The van der Waals surface area contributed by atoms with Gasteiger partial charge in [-0.25, -0.2) is 4.79 Å². The Balaban J connectivity index is 3.29. The van der Waals surface area contributed by atoms with Crippen LogP contribution in [0.25, 0.3) is 0 Å². The second-order valence-electron chi connectivity index (χ2n) is 4.40. The van der Waals surface area contributed by atoms with Gasteiger partial charge in [0.1, 0.15) is 5.69 Å². The number of alkyl halides is 5. The summed E-state index contributed by atoms with van der Waals surface area (Å²) in [7, 11) is 0. The van der Waals surface area contributed by atoms with Crippen molar-refractivity contribution in [3.05, 3.63) is 29.4 Å². The predicted molar refractivity (Wildman–Crippen MR) is 60.8 cm³/mol. The van der Waals surface area contributed by atoms with E-state index in [1.54, 1.807) is 13.8 Å². The van der Waals surface area contributed by atoms with E-state index in [0.29, 0.717) is 6.20 Å². The molecule has 0 bridgehead atoms. The normalized spacial score (nSPS) is 13.6. The van der Waals surface area contributed by atoms with Crippen LogP contribution in [0, 0.1) is 0 Å². The molecule has 0 saturated heterocycles. The number of hydrogen-bond donors (Lipinski definition) is 2. The van der Waals surface area contributed by atoms with E-state index < -0.39 is 29.2 Å². The Kier molecular flexibility index (Phi) is 4.59. The van der Waals surface area contributed by atoms with Gasteiger partial charge in [-0.15, -0.1) is 0 Å². The highest BCUT2D eigenvalue weighted by atomic mass is 19.4. The van der Waals surface area contributed by atoms with Gasteiger partial charge in [0.2, 0.25) is 0 Å². The van der Waals surface area contributed by atoms with Crippen LogP contribution in [0.5, 0.6) is 0 Å². The smallest absolute Gasteiger partial charge is 0.429 e. The van der Waals surface area contributed by atoms with Crippen molar-refractivity contribution in [2.45, 2.75) is 32.0 Å². The number of amides is 2. The Bertz CT molecular complexity index is 592. The van der Waals surface area contributed by atoms with Crippen molar-refractivity contribution in [1.29, 1.82) is 0 Å².